The number of aromatic nitrogens is 2. The minimum absolute atomic E-state index is 0.157. The maximum absolute atomic E-state index is 6.16. The fourth-order valence-corrected chi connectivity index (χ4v) is 3.01. The fourth-order valence-electron chi connectivity index (χ4n) is 2.74. The quantitative estimate of drug-likeness (QED) is 0.933. The van der Waals surface area contributed by atoms with E-state index in [9.17, 15) is 0 Å². The summed E-state index contributed by atoms with van der Waals surface area (Å²) in [6, 6.07) is 8.32. The first-order valence-electron chi connectivity index (χ1n) is 7.05. The van der Waals surface area contributed by atoms with Crippen molar-refractivity contribution in [3.05, 3.63) is 46.0 Å². The summed E-state index contributed by atoms with van der Waals surface area (Å²) >= 11 is 3.43. The monoisotopic (exact) mass is 335 g/mol. The second-order valence-corrected chi connectivity index (χ2v) is 6.32. The van der Waals surface area contributed by atoms with Gasteiger partial charge in [-0.15, -0.1) is 0 Å². The van der Waals surface area contributed by atoms with Crippen molar-refractivity contribution in [3.8, 4) is 0 Å². The highest BCUT2D eigenvalue weighted by Crippen LogP contribution is 2.31. The van der Waals surface area contributed by atoms with Crippen LogP contribution in [0.15, 0.2) is 33.3 Å². The molecule has 1 aromatic carbocycles. The molecule has 0 bridgehead atoms. The van der Waals surface area contributed by atoms with Gasteiger partial charge in [-0.2, -0.15) is 4.98 Å². The lowest BCUT2D eigenvalue weighted by atomic mass is 9.85. The van der Waals surface area contributed by atoms with Gasteiger partial charge in [-0.1, -0.05) is 46.1 Å². The molecule has 2 unspecified atom stereocenters. The fraction of sp³-hybridized carbons (Fsp3) is 0.467. The Morgan fingerprint density at radius 1 is 1.20 bits per heavy atom. The molecule has 0 spiro atoms. The average molecular weight is 336 g/mol. The molecule has 2 N–H and O–H groups in total. The van der Waals surface area contributed by atoms with Gasteiger partial charge in [-0.05, 0) is 30.5 Å². The van der Waals surface area contributed by atoms with Gasteiger partial charge in [-0.25, -0.2) is 0 Å². The third-order valence-electron chi connectivity index (χ3n) is 3.90. The van der Waals surface area contributed by atoms with E-state index in [1.54, 1.807) is 0 Å². The Hall–Kier alpha value is -1.20. The Kier molecular flexibility index (Phi) is 4.17. The molecule has 5 heteroatoms. The first kappa shape index (κ1) is 13.8. The van der Waals surface area contributed by atoms with Crippen molar-refractivity contribution >= 4 is 15.9 Å². The zero-order chi connectivity index (χ0) is 13.9. The van der Waals surface area contributed by atoms with Crippen LogP contribution < -0.4 is 5.73 Å². The van der Waals surface area contributed by atoms with Gasteiger partial charge < -0.3 is 10.3 Å². The number of halogens is 1. The maximum Gasteiger partial charge on any atom is 0.231 e. The molecular weight excluding hydrogens is 318 g/mol. The van der Waals surface area contributed by atoms with E-state index in [-0.39, 0.29) is 12.0 Å². The molecule has 0 saturated heterocycles. The summed E-state index contributed by atoms with van der Waals surface area (Å²) < 4.78 is 6.49. The Balaban J connectivity index is 1.71. The second-order valence-electron chi connectivity index (χ2n) is 5.41. The summed E-state index contributed by atoms with van der Waals surface area (Å²) in [4.78, 5) is 4.53. The highest BCUT2D eigenvalue weighted by Gasteiger charge is 2.28. The Morgan fingerprint density at radius 3 is 2.70 bits per heavy atom. The molecule has 1 saturated carbocycles. The van der Waals surface area contributed by atoms with Gasteiger partial charge in [0.05, 0.1) is 5.92 Å². The molecule has 3 rings (SSSR count). The molecule has 20 heavy (non-hydrogen) atoms. The standard InChI is InChI=1S/C15H18BrN3O/c16-11-7-5-10(6-8-11)9-14-18-15(20-19-14)12-3-1-2-4-13(12)17/h5-8,12-13H,1-4,9,17H2. The zero-order valence-electron chi connectivity index (χ0n) is 11.3. The molecule has 106 valence electrons. The molecule has 1 aliphatic carbocycles. The molecule has 1 fully saturated rings. The van der Waals surface area contributed by atoms with Crippen LogP contribution >= 0.6 is 15.9 Å². The molecule has 4 nitrogen and oxygen atoms in total. The summed E-state index contributed by atoms with van der Waals surface area (Å²) in [5.74, 6) is 1.68. The highest BCUT2D eigenvalue weighted by molar-refractivity contribution is 9.10. The number of rotatable bonds is 3. The van der Waals surface area contributed by atoms with Crippen LogP contribution in [0.25, 0.3) is 0 Å². The largest absolute Gasteiger partial charge is 0.339 e. The third-order valence-corrected chi connectivity index (χ3v) is 4.42. The van der Waals surface area contributed by atoms with Gasteiger partial charge in [0.2, 0.25) is 5.89 Å². The Bertz CT molecular complexity index is 567. The predicted molar refractivity (Wildman–Crippen MR) is 80.4 cm³/mol. The molecule has 0 amide bonds. The van der Waals surface area contributed by atoms with Crippen molar-refractivity contribution in [2.75, 3.05) is 0 Å². The average Bonchev–Trinajstić information content (AvgIpc) is 2.90. The number of nitrogens with zero attached hydrogens (tertiary/aromatic N) is 2. The molecule has 1 aromatic heterocycles. The van der Waals surface area contributed by atoms with E-state index in [1.807, 2.05) is 12.1 Å². The smallest absolute Gasteiger partial charge is 0.231 e. The summed E-state index contributed by atoms with van der Waals surface area (Å²) in [7, 11) is 0. The molecule has 2 atom stereocenters. The van der Waals surface area contributed by atoms with E-state index in [1.165, 1.54) is 18.4 Å². The first-order valence-corrected chi connectivity index (χ1v) is 7.84. The molecule has 1 heterocycles. The topological polar surface area (TPSA) is 64.9 Å². The Morgan fingerprint density at radius 2 is 1.95 bits per heavy atom. The van der Waals surface area contributed by atoms with Gasteiger partial charge in [0.25, 0.3) is 0 Å². The van der Waals surface area contributed by atoms with Crippen molar-refractivity contribution < 1.29 is 4.52 Å². The van der Waals surface area contributed by atoms with Crippen molar-refractivity contribution in [2.45, 2.75) is 44.1 Å². The Labute approximate surface area is 126 Å². The van der Waals surface area contributed by atoms with E-state index in [0.717, 1.165) is 23.1 Å². The van der Waals surface area contributed by atoms with Crippen LogP contribution in [0.4, 0.5) is 0 Å². The van der Waals surface area contributed by atoms with E-state index < -0.39 is 0 Å². The van der Waals surface area contributed by atoms with Crippen LogP contribution in [0.3, 0.4) is 0 Å². The molecule has 0 aliphatic heterocycles. The van der Waals surface area contributed by atoms with Gasteiger partial charge in [0.1, 0.15) is 0 Å². The molecule has 0 radical (unpaired) electrons. The van der Waals surface area contributed by atoms with Gasteiger partial charge in [-0.3, -0.25) is 0 Å². The van der Waals surface area contributed by atoms with Crippen LogP contribution in [-0.2, 0) is 6.42 Å². The maximum atomic E-state index is 6.16. The number of hydrogen-bond acceptors (Lipinski definition) is 4. The molecule has 2 aromatic rings. The van der Waals surface area contributed by atoms with Crippen LogP contribution in [0.2, 0.25) is 0 Å². The lowest BCUT2D eigenvalue weighted by Crippen LogP contribution is -2.31. The third kappa shape index (κ3) is 3.10. The lowest BCUT2D eigenvalue weighted by Gasteiger charge is -2.25. The van der Waals surface area contributed by atoms with Crippen LogP contribution in [0.1, 0.15) is 48.9 Å². The lowest BCUT2D eigenvalue weighted by molar-refractivity contribution is 0.289. The van der Waals surface area contributed by atoms with E-state index >= 15 is 0 Å². The summed E-state index contributed by atoms with van der Waals surface area (Å²) in [6.07, 6.45) is 5.20. The first-order chi connectivity index (χ1) is 9.72. The normalized spacial score (nSPS) is 22.9. The summed E-state index contributed by atoms with van der Waals surface area (Å²) in [5.41, 5.74) is 7.33. The van der Waals surface area contributed by atoms with Crippen molar-refractivity contribution in [1.82, 2.24) is 10.1 Å². The summed E-state index contributed by atoms with van der Waals surface area (Å²) in [5, 5.41) is 4.09. The van der Waals surface area contributed by atoms with Gasteiger partial charge in [0.15, 0.2) is 5.82 Å². The minimum atomic E-state index is 0.157. The van der Waals surface area contributed by atoms with Gasteiger partial charge >= 0.3 is 0 Å². The van der Waals surface area contributed by atoms with E-state index in [0.29, 0.717) is 12.3 Å². The second kappa shape index (κ2) is 6.06. The number of benzene rings is 1. The zero-order valence-corrected chi connectivity index (χ0v) is 12.8. The molecule has 1 aliphatic rings. The van der Waals surface area contributed by atoms with E-state index in [2.05, 4.69) is 38.2 Å². The highest BCUT2D eigenvalue weighted by atomic mass is 79.9. The molecular formula is C15H18BrN3O. The van der Waals surface area contributed by atoms with E-state index in [4.69, 9.17) is 10.3 Å². The van der Waals surface area contributed by atoms with Crippen molar-refractivity contribution in [1.29, 1.82) is 0 Å². The predicted octanol–water partition coefficient (Wildman–Crippen LogP) is 3.41. The number of nitrogens with two attached hydrogens (primary N) is 1. The minimum Gasteiger partial charge on any atom is -0.339 e. The number of hydrogen-bond donors (Lipinski definition) is 1. The van der Waals surface area contributed by atoms with Crippen molar-refractivity contribution in [3.63, 3.8) is 0 Å². The van der Waals surface area contributed by atoms with Crippen LogP contribution in [0.5, 0.6) is 0 Å². The van der Waals surface area contributed by atoms with Gasteiger partial charge in [0, 0.05) is 16.9 Å². The van der Waals surface area contributed by atoms with Crippen LogP contribution in [0, 0.1) is 0 Å². The van der Waals surface area contributed by atoms with Crippen molar-refractivity contribution in [2.24, 2.45) is 5.73 Å². The summed E-state index contributed by atoms with van der Waals surface area (Å²) in [6.45, 7) is 0. The SMILES string of the molecule is NC1CCCCC1c1nc(Cc2ccc(Br)cc2)no1. The van der Waals surface area contributed by atoms with Crippen LogP contribution in [-0.4, -0.2) is 16.2 Å².